The van der Waals surface area contributed by atoms with Crippen molar-refractivity contribution in [3.63, 3.8) is 0 Å². The Morgan fingerprint density at radius 3 is 2.22 bits per heavy atom. The molecule has 56 valence electrons. The lowest BCUT2D eigenvalue weighted by Crippen LogP contribution is -3.05. The molecule has 0 aliphatic rings. The van der Waals surface area contributed by atoms with Gasteiger partial charge in [-0.3, -0.25) is 0 Å². The third kappa shape index (κ3) is 7.92. The van der Waals surface area contributed by atoms with E-state index in [0.29, 0.717) is 0 Å². The van der Waals surface area contributed by atoms with E-state index in [1.165, 1.54) is 25.8 Å². The molecule has 0 radical (unpaired) electrons. The van der Waals surface area contributed by atoms with Gasteiger partial charge >= 0.3 is 0 Å². The Bertz CT molecular complexity index is 52.9. The number of hydrogen-bond acceptors (Lipinski definition) is 0. The fraction of sp³-hybridized carbons (Fsp3) is 1.00. The van der Waals surface area contributed by atoms with Crippen LogP contribution in [0.1, 0.15) is 19.3 Å². The highest BCUT2D eigenvalue weighted by atomic mass is 15.0. The van der Waals surface area contributed by atoms with Crippen molar-refractivity contribution in [3.05, 3.63) is 0 Å². The van der Waals surface area contributed by atoms with E-state index in [1.54, 1.807) is 4.90 Å². The Hall–Kier alpha value is -0.0800. The van der Waals surface area contributed by atoms with Gasteiger partial charge in [-0.15, -0.1) is 0 Å². The van der Waals surface area contributed by atoms with Gasteiger partial charge < -0.3 is 10.6 Å². The molecule has 2 nitrogen and oxygen atoms in total. The van der Waals surface area contributed by atoms with E-state index in [1.807, 2.05) is 0 Å². The first-order valence-electron chi connectivity index (χ1n) is 3.85. The smallest absolute Gasteiger partial charge is 0.0766 e. The van der Waals surface area contributed by atoms with Crippen molar-refractivity contribution in [2.75, 3.05) is 27.2 Å². The van der Waals surface area contributed by atoms with E-state index in [2.05, 4.69) is 19.8 Å². The van der Waals surface area contributed by atoms with E-state index in [-0.39, 0.29) is 0 Å². The van der Waals surface area contributed by atoms with Crippen LogP contribution in [-0.4, -0.2) is 27.2 Å². The number of quaternary nitrogens is 2. The minimum atomic E-state index is 1.10. The van der Waals surface area contributed by atoms with Crippen LogP contribution in [0, 0.1) is 0 Å². The summed E-state index contributed by atoms with van der Waals surface area (Å²) in [5.41, 5.74) is 3.80. The summed E-state index contributed by atoms with van der Waals surface area (Å²) in [5.74, 6) is 0. The van der Waals surface area contributed by atoms with Crippen molar-refractivity contribution < 1.29 is 10.6 Å². The van der Waals surface area contributed by atoms with E-state index in [9.17, 15) is 0 Å². The maximum atomic E-state index is 3.80. The zero-order valence-electron chi connectivity index (χ0n) is 6.74. The van der Waals surface area contributed by atoms with Crippen LogP contribution in [0.5, 0.6) is 0 Å². The van der Waals surface area contributed by atoms with E-state index in [4.69, 9.17) is 0 Å². The third-order valence-electron chi connectivity index (χ3n) is 1.43. The van der Waals surface area contributed by atoms with Crippen molar-refractivity contribution in [1.29, 1.82) is 0 Å². The molecule has 0 aromatic carbocycles. The lowest BCUT2D eigenvalue weighted by molar-refractivity contribution is -0.858. The summed E-state index contributed by atoms with van der Waals surface area (Å²) in [6.45, 7) is 2.41. The average Bonchev–Trinajstić information content (AvgIpc) is 1.80. The molecule has 9 heavy (non-hydrogen) atoms. The van der Waals surface area contributed by atoms with Crippen LogP contribution < -0.4 is 10.6 Å². The highest BCUT2D eigenvalue weighted by molar-refractivity contribution is 4.35. The normalized spacial score (nSPS) is 10.7. The fourth-order valence-electron chi connectivity index (χ4n) is 0.832. The number of unbranched alkanes of at least 4 members (excludes halogenated alkanes) is 2. The molecular formula is C7H20N2+2. The summed E-state index contributed by atoms with van der Waals surface area (Å²) in [6, 6.07) is 0. The van der Waals surface area contributed by atoms with Gasteiger partial charge in [0.25, 0.3) is 0 Å². The molecule has 0 bridgehead atoms. The summed E-state index contributed by atoms with van der Waals surface area (Å²) in [7, 11) is 4.40. The maximum Gasteiger partial charge on any atom is 0.0766 e. The third-order valence-corrected chi connectivity index (χ3v) is 1.43. The van der Waals surface area contributed by atoms with Crippen LogP contribution >= 0.6 is 0 Å². The van der Waals surface area contributed by atoms with Gasteiger partial charge in [0.15, 0.2) is 0 Å². The van der Waals surface area contributed by atoms with Crippen molar-refractivity contribution in [2.24, 2.45) is 0 Å². The molecule has 0 unspecified atom stereocenters. The van der Waals surface area contributed by atoms with Crippen LogP contribution in [0.4, 0.5) is 0 Å². The molecular weight excluding hydrogens is 112 g/mol. The molecule has 0 heterocycles. The monoisotopic (exact) mass is 132 g/mol. The summed E-state index contributed by atoms with van der Waals surface area (Å²) in [4.78, 5) is 1.55. The van der Waals surface area contributed by atoms with Crippen molar-refractivity contribution in [2.45, 2.75) is 19.3 Å². The van der Waals surface area contributed by atoms with E-state index < -0.39 is 0 Å². The zero-order chi connectivity index (χ0) is 7.11. The minimum absolute atomic E-state index is 1.10. The average molecular weight is 132 g/mol. The molecule has 0 spiro atoms. The number of hydrogen-bond donors (Lipinski definition) is 2. The standard InChI is InChI=1S/C7H18N2/c1-9(2)7-5-3-4-6-8/h3-8H2,1-2H3/p+2. The van der Waals surface area contributed by atoms with Crippen molar-refractivity contribution in [3.8, 4) is 0 Å². The second-order valence-electron chi connectivity index (χ2n) is 2.87. The molecule has 0 aromatic heterocycles. The van der Waals surface area contributed by atoms with E-state index in [0.717, 1.165) is 6.54 Å². The highest BCUT2D eigenvalue weighted by Crippen LogP contribution is 1.87. The molecule has 4 N–H and O–H groups in total. The zero-order valence-corrected chi connectivity index (χ0v) is 6.74. The largest absolute Gasteiger partial charge is 0.358 e. The Labute approximate surface area is 58.0 Å². The summed E-state index contributed by atoms with van der Waals surface area (Å²) >= 11 is 0. The molecule has 0 saturated carbocycles. The summed E-state index contributed by atoms with van der Waals surface area (Å²) < 4.78 is 0. The highest BCUT2D eigenvalue weighted by Gasteiger charge is 1.92. The van der Waals surface area contributed by atoms with Crippen LogP contribution in [0.2, 0.25) is 0 Å². The quantitative estimate of drug-likeness (QED) is 0.429. The van der Waals surface area contributed by atoms with Gasteiger partial charge in [0, 0.05) is 0 Å². The molecule has 0 aliphatic heterocycles. The van der Waals surface area contributed by atoms with Gasteiger partial charge in [0.1, 0.15) is 0 Å². The first kappa shape index (κ1) is 8.92. The Balaban J connectivity index is 2.75. The molecule has 0 atom stereocenters. The summed E-state index contributed by atoms with van der Waals surface area (Å²) in [5, 5.41) is 0. The van der Waals surface area contributed by atoms with Crippen LogP contribution in [0.15, 0.2) is 0 Å². The molecule has 0 aromatic rings. The predicted octanol–water partition coefficient (Wildman–Crippen LogP) is -1.46. The first-order valence-corrected chi connectivity index (χ1v) is 3.85. The lowest BCUT2D eigenvalue weighted by Gasteiger charge is -2.04. The molecule has 0 saturated heterocycles. The van der Waals surface area contributed by atoms with Crippen LogP contribution in [-0.2, 0) is 0 Å². The Morgan fingerprint density at radius 1 is 1.11 bits per heavy atom. The lowest BCUT2D eigenvalue weighted by atomic mass is 10.2. The molecule has 0 aliphatic carbocycles. The van der Waals surface area contributed by atoms with Crippen LogP contribution in [0.25, 0.3) is 0 Å². The predicted molar refractivity (Wildman–Crippen MR) is 39.3 cm³/mol. The van der Waals surface area contributed by atoms with Gasteiger partial charge in [-0.25, -0.2) is 0 Å². The maximum absolute atomic E-state index is 3.80. The first-order chi connectivity index (χ1) is 4.27. The van der Waals surface area contributed by atoms with Crippen molar-refractivity contribution >= 4 is 0 Å². The molecule has 0 amide bonds. The van der Waals surface area contributed by atoms with Gasteiger partial charge in [-0.2, -0.15) is 0 Å². The minimum Gasteiger partial charge on any atom is -0.358 e. The second kappa shape index (κ2) is 6.05. The second-order valence-corrected chi connectivity index (χ2v) is 2.87. The number of nitrogens with one attached hydrogen (secondary N) is 1. The molecule has 2 heteroatoms. The van der Waals surface area contributed by atoms with Gasteiger partial charge in [-0.05, 0) is 19.3 Å². The Kier molecular flexibility index (Phi) is 5.99. The van der Waals surface area contributed by atoms with Crippen LogP contribution in [0.3, 0.4) is 0 Å². The van der Waals surface area contributed by atoms with Gasteiger partial charge in [-0.1, -0.05) is 0 Å². The topological polar surface area (TPSA) is 32.1 Å². The fourth-order valence-corrected chi connectivity index (χ4v) is 0.832. The summed E-state index contributed by atoms with van der Waals surface area (Å²) in [6.07, 6.45) is 4.01. The van der Waals surface area contributed by atoms with Gasteiger partial charge in [0.2, 0.25) is 0 Å². The molecule has 0 rings (SSSR count). The van der Waals surface area contributed by atoms with Crippen molar-refractivity contribution in [1.82, 2.24) is 0 Å². The van der Waals surface area contributed by atoms with Gasteiger partial charge in [0.05, 0.1) is 27.2 Å². The Morgan fingerprint density at radius 2 is 1.78 bits per heavy atom. The number of rotatable bonds is 5. The molecule has 0 fully saturated rings. The van der Waals surface area contributed by atoms with E-state index >= 15 is 0 Å². The SMILES string of the molecule is C[NH+](C)CCCCC[NH3+].